The van der Waals surface area contributed by atoms with Crippen LogP contribution in [-0.4, -0.2) is 41.2 Å². The van der Waals surface area contributed by atoms with Crippen LogP contribution in [0.25, 0.3) is 0 Å². The number of carbonyl (C=O) groups excluding carboxylic acids is 2. The van der Waals surface area contributed by atoms with Crippen molar-refractivity contribution in [2.45, 2.75) is 76.0 Å². The van der Waals surface area contributed by atoms with Gasteiger partial charge in [-0.2, -0.15) is 0 Å². The highest BCUT2D eigenvalue weighted by molar-refractivity contribution is 6.01. The van der Waals surface area contributed by atoms with E-state index in [4.69, 9.17) is 4.74 Å². The summed E-state index contributed by atoms with van der Waals surface area (Å²) in [5.74, 6) is 0.977. The van der Waals surface area contributed by atoms with Crippen molar-refractivity contribution >= 4 is 11.8 Å². The third-order valence-corrected chi connectivity index (χ3v) is 8.60. The van der Waals surface area contributed by atoms with Gasteiger partial charge in [0.15, 0.2) is 5.78 Å². The van der Waals surface area contributed by atoms with E-state index >= 15 is 0 Å². The van der Waals surface area contributed by atoms with E-state index in [2.05, 4.69) is 12.2 Å². The Morgan fingerprint density at radius 1 is 1.21 bits per heavy atom. The summed E-state index contributed by atoms with van der Waals surface area (Å²) < 4.78 is 6.06. The van der Waals surface area contributed by atoms with Crippen LogP contribution in [0.4, 0.5) is 0 Å². The maximum absolute atomic E-state index is 12.6. The van der Waals surface area contributed by atoms with Crippen LogP contribution in [0.1, 0.15) is 58.3 Å². The first kappa shape index (κ1) is 18.6. The number of rotatable bonds is 2. The van der Waals surface area contributed by atoms with E-state index in [9.17, 15) is 14.7 Å². The van der Waals surface area contributed by atoms with Crippen LogP contribution in [0, 0.1) is 23.2 Å². The normalized spacial score (nSPS) is 47.1. The van der Waals surface area contributed by atoms with Crippen molar-refractivity contribution in [3.8, 4) is 0 Å². The first-order valence-corrected chi connectivity index (χ1v) is 11.0. The summed E-state index contributed by atoms with van der Waals surface area (Å²) in [5.41, 5.74) is -0.0554. The summed E-state index contributed by atoms with van der Waals surface area (Å²) in [6.45, 7) is 3.20. The Kier molecular flexibility index (Phi) is 4.33. The molecule has 0 aromatic carbocycles. The second-order valence-corrected chi connectivity index (χ2v) is 9.84. The molecule has 0 aromatic heterocycles. The van der Waals surface area contributed by atoms with Crippen molar-refractivity contribution in [2.75, 3.05) is 6.54 Å². The molecule has 28 heavy (non-hydrogen) atoms. The second kappa shape index (κ2) is 6.53. The van der Waals surface area contributed by atoms with Crippen LogP contribution in [0.3, 0.4) is 0 Å². The number of allylic oxidation sites excluding steroid dienone is 2. The smallest absolute Gasteiger partial charge is 0.323 e. The number of aliphatic hydroxyl groups is 1. The zero-order chi connectivity index (χ0) is 19.5. The maximum atomic E-state index is 12.6. The predicted molar refractivity (Wildman–Crippen MR) is 104 cm³/mol. The number of carbonyl (C=O) groups is 2. The van der Waals surface area contributed by atoms with Crippen LogP contribution in [0.15, 0.2) is 23.8 Å². The Bertz CT molecular complexity index is 752. The largest absolute Gasteiger partial charge is 0.461 e. The third kappa shape index (κ3) is 2.66. The lowest BCUT2D eigenvalue weighted by molar-refractivity contribution is -0.162. The van der Waals surface area contributed by atoms with E-state index in [1.807, 2.05) is 0 Å². The highest BCUT2D eigenvalue weighted by atomic mass is 16.5. The van der Waals surface area contributed by atoms with E-state index in [1.54, 1.807) is 12.2 Å². The Morgan fingerprint density at radius 3 is 2.86 bits per heavy atom. The first-order chi connectivity index (χ1) is 13.4. The van der Waals surface area contributed by atoms with Gasteiger partial charge >= 0.3 is 5.97 Å². The number of fused-ring (bicyclic) bond motifs is 5. The lowest BCUT2D eigenvalue weighted by Crippen LogP contribution is -2.55. The predicted octanol–water partition coefficient (Wildman–Crippen LogP) is 2.68. The average Bonchev–Trinajstić information content (AvgIpc) is 3.31. The highest BCUT2D eigenvalue weighted by Crippen LogP contribution is 2.62. The topological polar surface area (TPSA) is 75.6 Å². The van der Waals surface area contributed by atoms with Crippen LogP contribution < -0.4 is 5.32 Å². The van der Waals surface area contributed by atoms with Crippen LogP contribution in [0.2, 0.25) is 0 Å². The molecule has 152 valence electrons. The molecule has 5 nitrogen and oxygen atoms in total. The van der Waals surface area contributed by atoms with Gasteiger partial charge in [-0.1, -0.05) is 6.92 Å². The number of ether oxygens (including phenoxy) is 1. The van der Waals surface area contributed by atoms with Crippen molar-refractivity contribution in [3.63, 3.8) is 0 Å². The van der Waals surface area contributed by atoms with E-state index in [0.29, 0.717) is 11.8 Å². The van der Waals surface area contributed by atoms with Crippen molar-refractivity contribution in [1.82, 2.24) is 5.32 Å². The van der Waals surface area contributed by atoms with Crippen LogP contribution in [-0.2, 0) is 14.3 Å². The molecule has 2 N–H and O–H groups in total. The number of hydrogen-bond donors (Lipinski definition) is 2. The monoisotopic (exact) mass is 385 g/mol. The number of hydrogen-bond acceptors (Lipinski definition) is 5. The Balaban J connectivity index is 1.35. The van der Waals surface area contributed by atoms with Crippen molar-refractivity contribution in [3.05, 3.63) is 23.8 Å². The first-order valence-electron chi connectivity index (χ1n) is 11.0. The highest BCUT2D eigenvalue weighted by Gasteiger charge is 2.60. The molecule has 0 amide bonds. The summed E-state index contributed by atoms with van der Waals surface area (Å²) in [7, 11) is 0. The number of esters is 1. The zero-order valence-electron chi connectivity index (χ0n) is 16.7. The summed E-state index contributed by atoms with van der Waals surface area (Å²) in [5, 5.41) is 14.7. The molecule has 1 heterocycles. The third-order valence-electron chi connectivity index (χ3n) is 8.60. The standard InChI is InChI=1S/C23H31NO4/c1-22-10-9-18-16(5-4-14-13-15(25)8-11-23(14,18)27)17(22)6-7-20(22)28-21(26)19-3-2-12-24-19/h8,11,13,16-20,24,27H,2-7,9-10,12H2,1H3/t16-,17-,18-,19+,20-,22-,23+/m0/s1. The van der Waals surface area contributed by atoms with Crippen molar-refractivity contribution < 1.29 is 19.4 Å². The summed E-state index contributed by atoms with van der Waals surface area (Å²) in [6.07, 6.45) is 12.5. The fourth-order valence-electron chi connectivity index (χ4n) is 7.10. The van der Waals surface area contributed by atoms with Gasteiger partial charge in [-0.25, -0.2) is 0 Å². The summed E-state index contributed by atoms with van der Waals surface area (Å²) in [6, 6.07) is -0.132. The molecule has 5 rings (SSSR count). The molecule has 4 fully saturated rings. The van der Waals surface area contributed by atoms with E-state index < -0.39 is 5.60 Å². The number of ketones is 1. The Morgan fingerprint density at radius 2 is 2.07 bits per heavy atom. The Labute approximate surface area is 166 Å². The van der Waals surface area contributed by atoms with Crippen LogP contribution >= 0.6 is 0 Å². The van der Waals surface area contributed by atoms with Gasteiger partial charge in [0, 0.05) is 5.41 Å². The minimum atomic E-state index is -0.958. The molecule has 1 aliphatic heterocycles. The van der Waals surface area contributed by atoms with Gasteiger partial charge < -0.3 is 15.2 Å². The molecular formula is C23H31NO4. The molecule has 1 saturated heterocycles. The molecule has 0 unspecified atom stereocenters. The van der Waals surface area contributed by atoms with Gasteiger partial charge in [0.05, 0.1) is 0 Å². The fourth-order valence-corrected chi connectivity index (χ4v) is 7.10. The average molecular weight is 386 g/mol. The van der Waals surface area contributed by atoms with Gasteiger partial charge in [-0.3, -0.25) is 9.59 Å². The van der Waals surface area contributed by atoms with E-state index in [-0.39, 0.29) is 35.2 Å². The lowest BCUT2D eigenvalue weighted by atomic mass is 9.51. The molecule has 4 aliphatic carbocycles. The molecule has 5 heteroatoms. The maximum Gasteiger partial charge on any atom is 0.323 e. The fraction of sp³-hybridized carbons (Fsp3) is 0.739. The zero-order valence-corrected chi connectivity index (χ0v) is 16.7. The molecule has 0 bridgehead atoms. The molecule has 0 spiro atoms. The molecule has 0 aromatic rings. The summed E-state index contributed by atoms with van der Waals surface area (Å²) in [4.78, 5) is 24.4. The second-order valence-electron chi connectivity index (χ2n) is 9.84. The number of nitrogens with one attached hydrogen (secondary N) is 1. The quantitative estimate of drug-likeness (QED) is 0.715. The molecule has 7 atom stereocenters. The summed E-state index contributed by atoms with van der Waals surface area (Å²) >= 11 is 0. The van der Waals surface area contributed by atoms with Gasteiger partial charge in [0.1, 0.15) is 17.7 Å². The van der Waals surface area contributed by atoms with E-state index in [0.717, 1.165) is 63.5 Å². The van der Waals surface area contributed by atoms with Crippen molar-refractivity contribution in [1.29, 1.82) is 0 Å². The van der Waals surface area contributed by atoms with Crippen LogP contribution in [0.5, 0.6) is 0 Å². The molecule has 0 radical (unpaired) electrons. The van der Waals surface area contributed by atoms with Gasteiger partial charge in [0.25, 0.3) is 0 Å². The van der Waals surface area contributed by atoms with E-state index in [1.165, 1.54) is 6.08 Å². The molecule has 3 saturated carbocycles. The van der Waals surface area contributed by atoms with Gasteiger partial charge in [0.2, 0.25) is 0 Å². The van der Waals surface area contributed by atoms with Gasteiger partial charge in [-0.05, 0) is 99.5 Å². The minimum Gasteiger partial charge on any atom is -0.461 e. The lowest BCUT2D eigenvalue weighted by Gasteiger charge is -2.55. The molecular weight excluding hydrogens is 354 g/mol. The van der Waals surface area contributed by atoms with Gasteiger partial charge in [-0.15, -0.1) is 0 Å². The SMILES string of the molecule is C[C@]12CC[C@H]3[C@@H](CCC4=CC(=O)C=C[C@@]43O)[C@@H]1CC[C@@H]2OC(=O)[C@H]1CCCN1. The van der Waals surface area contributed by atoms with Crippen molar-refractivity contribution in [2.24, 2.45) is 23.2 Å². The minimum absolute atomic E-state index is 0.00120. The Hall–Kier alpha value is -1.46. The molecule has 5 aliphatic rings.